The summed E-state index contributed by atoms with van der Waals surface area (Å²) in [6.45, 7) is 10.2. The summed E-state index contributed by atoms with van der Waals surface area (Å²) in [5.41, 5.74) is 7.81. The third-order valence-corrected chi connectivity index (χ3v) is 11.1. The van der Waals surface area contributed by atoms with E-state index in [1.807, 2.05) is 18.2 Å². The predicted molar refractivity (Wildman–Crippen MR) is 169 cm³/mol. The van der Waals surface area contributed by atoms with Gasteiger partial charge >= 0.3 is 0 Å². The maximum absolute atomic E-state index is 13.6. The van der Waals surface area contributed by atoms with Crippen LogP contribution in [0.5, 0.6) is 0 Å². The average molecular weight is 603 g/mol. The van der Waals surface area contributed by atoms with E-state index in [2.05, 4.69) is 54.4 Å². The largest absolute Gasteiger partial charge is 0.378 e. The van der Waals surface area contributed by atoms with E-state index in [1.165, 1.54) is 11.3 Å². The van der Waals surface area contributed by atoms with Crippen molar-refractivity contribution in [3.63, 3.8) is 0 Å². The highest BCUT2D eigenvalue weighted by atomic mass is 32.2. The van der Waals surface area contributed by atoms with Gasteiger partial charge in [0.05, 0.1) is 24.3 Å². The van der Waals surface area contributed by atoms with Gasteiger partial charge < -0.3 is 9.64 Å². The van der Waals surface area contributed by atoms with E-state index in [9.17, 15) is 13.2 Å². The highest BCUT2D eigenvalue weighted by Crippen LogP contribution is 2.53. The second-order valence-electron chi connectivity index (χ2n) is 13.5. The van der Waals surface area contributed by atoms with Gasteiger partial charge in [-0.15, -0.1) is 0 Å². The van der Waals surface area contributed by atoms with Crippen LogP contribution in [-0.2, 0) is 14.8 Å². The topological polar surface area (TPSA) is 91.3 Å². The number of morpholine rings is 1. The molecule has 2 saturated heterocycles. The van der Waals surface area contributed by atoms with E-state index in [4.69, 9.17) is 4.74 Å². The molecular formula is C34H42N4O4S. The minimum Gasteiger partial charge on any atom is -0.378 e. The maximum Gasteiger partial charge on any atom is 0.271 e. The van der Waals surface area contributed by atoms with Crippen LogP contribution in [0, 0.1) is 10.8 Å². The number of hydrazone groups is 1. The minimum atomic E-state index is -3.65. The molecule has 2 bridgehead atoms. The van der Waals surface area contributed by atoms with Gasteiger partial charge in [-0.3, -0.25) is 4.79 Å². The summed E-state index contributed by atoms with van der Waals surface area (Å²) in [6, 6.07) is 16.5. The first-order valence-corrected chi connectivity index (χ1v) is 16.7. The van der Waals surface area contributed by atoms with Crippen molar-refractivity contribution in [1.29, 1.82) is 0 Å². The van der Waals surface area contributed by atoms with E-state index >= 15 is 0 Å². The molecule has 0 spiro atoms. The molecule has 6 rings (SSSR count). The summed E-state index contributed by atoms with van der Waals surface area (Å²) in [6.07, 6.45) is 8.52. The fourth-order valence-corrected chi connectivity index (χ4v) is 9.53. The Labute approximate surface area is 255 Å². The number of sulfonamides is 1. The van der Waals surface area contributed by atoms with Crippen LogP contribution in [0.1, 0.15) is 68.8 Å². The first-order chi connectivity index (χ1) is 20.5. The smallest absolute Gasteiger partial charge is 0.271 e. The van der Waals surface area contributed by atoms with Crippen molar-refractivity contribution in [3.8, 4) is 0 Å². The van der Waals surface area contributed by atoms with E-state index in [-0.39, 0.29) is 27.7 Å². The number of hydrogen-bond acceptors (Lipinski definition) is 6. The fraction of sp³-hybridized carbons (Fsp3) is 0.471. The SMILES string of the molecule is CC1(C)C[C@H]2C[C@@](C)(CN2S(=O)(=O)c2ccc(C(=O)N/N=C\C3=C(N4CCOCC4)C(=C/c4ccccc4)/CC3)cc2)C1. The van der Waals surface area contributed by atoms with Crippen molar-refractivity contribution < 1.29 is 17.9 Å². The summed E-state index contributed by atoms with van der Waals surface area (Å²) in [5.74, 6) is -0.377. The van der Waals surface area contributed by atoms with Gasteiger partial charge in [0.1, 0.15) is 0 Å². The van der Waals surface area contributed by atoms with Crippen LogP contribution in [0.25, 0.3) is 6.08 Å². The molecule has 1 amide bonds. The lowest BCUT2D eigenvalue weighted by molar-refractivity contribution is 0.0548. The van der Waals surface area contributed by atoms with E-state index in [0.717, 1.165) is 56.3 Å². The van der Waals surface area contributed by atoms with Crippen molar-refractivity contribution >= 4 is 28.2 Å². The minimum absolute atomic E-state index is 0.00577. The Morgan fingerprint density at radius 3 is 2.44 bits per heavy atom. The Hall–Kier alpha value is -3.27. The second-order valence-corrected chi connectivity index (χ2v) is 15.4. The van der Waals surface area contributed by atoms with Gasteiger partial charge in [-0.1, -0.05) is 51.1 Å². The van der Waals surface area contributed by atoms with Gasteiger partial charge in [-0.2, -0.15) is 9.41 Å². The Kier molecular flexibility index (Phi) is 8.08. The van der Waals surface area contributed by atoms with Crippen LogP contribution < -0.4 is 5.43 Å². The number of hydrogen-bond donors (Lipinski definition) is 1. The van der Waals surface area contributed by atoms with Crippen LogP contribution in [0.15, 0.2) is 81.4 Å². The van der Waals surface area contributed by atoms with Gasteiger partial charge in [-0.05, 0) is 90.0 Å². The molecule has 9 heteroatoms. The number of carbonyl (C=O) groups is 1. The number of nitrogens with zero attached hydrogens (tertiary/aromatic N) is 3. The zero-order chi connectivity index (χ0) is 30.2. The Balaban J connectivity index is 1.15. The van der Waals surface area contributed by atoms with Gasteiger partial charge in [0, 0.05) is 36.9 Å². The van der Waals surface area contributed by atoms with Gasteiger partial charge in [0.2, 0.25) is 10.0 Å². The molecule has 2 aromatic carbocycles. The summed E-state index contributed by atoms with van der Waals surface area (Å²) in [7, 11) is -3.65. The van der Waals surface area contributed by atoms with Crippen molar-refractivity contribution in [3.05, 3.63) is 82.6 Å². The van der Waals surface area contributed by atoms with E-state index in [0.29, 0.717) is 25.3 Å². The number of allylic oxidation sites excluding steroid dienone is 2. The molecule has 2 heterocycles. The monoisotopic (exact) mass is 602 g/mol. The second kappa shape index (κ2) is 11.7. The van der Waals surface area contributed by atoms with Crippen molar-refractivity contribution in [2.45, 2.75) is 63.8 Å². The zero-order valence-corrected chi connectivity index (χ0v) is 26.2. The Morgan fingerprint density at radius 2 is 1.72 bits per heavy atom. The number of ether oxygens (including phenoxy) is 1. The molecule has 1 saturated carbocycles. The lowest BCUT2D eigenvalue weighted by Gasteiger charge is -2.39. The molecule has 4 aliphatic rings. The molecule has 2 aliphatic heterocycles. The lowest BCUT2D eigenvalue weighted by atomic mass is 9.65. The van der Waals surface area contributed by atoms with Gasteiger partial charge in [0.15, 0.2) is 0 Å². The highest BCUT2D eigenvalue weighted by Gasteiger charge is 2.53. The summed E-state index contributed by atoms with van der Waals surface area (Å²) >= 11 is 0. The molecule has 8 nitrogen and oxygen atoms in total. The quantitative estimate of drug-likeness (QED) is 0.336. The molecule has 2 aliphatic carbocycles. The molecule has 1 N–H and O–H groups in total. The molecule has 43 heavy (non-hydrogen) atoms. The third kappa shape index (κ3) is 6.35. The first kappa shape index (κ1) is 29.8. The molecule has 3 fully saturated rings. The molecule has 0 unspecified atom stereocenters. The molecule has 2 aromatic rings. The van der Waals surface area contributed by atoms with Crippen LogP contribution >= 0.6 is 0 Å². The summed E-state index contributed by atoms with van der Waals surface area (Å²) < 4.78 is 34.5. The highest BCUT2D eigenvalue weighted by molar-refractivity contribution is 7.89. The van der Waals surface area contributed by atoms with Crippen LogP contribution in [0.4, 0.5) is 0 Å². The number of nitrogens with one attached hydrogen (secondary N) is 1. The number of amides is 1. The van der Waals surface area contributed by atoms with Crippen LogP contribution in [0.2, 0.25) is 0 Å². The van der Waals surface area contributed by atoms with E-state index in [1.54, 1.807) is 34.8 Å². The molecule has 0 radical (unpaired) electrons. The number of carbonyl (C=O) groups excluding carboxylic acids is 1. The average Bonchev–Trinajstić information content (AvgIpc) is 3.50. The summed E-state index contributed by atoms with van der Waals surface area (Å²) in [5, 5.41) is 4.31. The number of benzene rings is 2. The molecular weight excluding hydrogens is 560 g/mol. The molecule has 0 aromatic heterocycles. The van der Waals surface area contributed by atoms with E-state index < -0.39 is 10.0 Å². The molecule has 228 valence electrons. The normalized spacial score (nSPS) is 26.9. The molecule has 2 atom stereocenters. The van der Waals surface area contributed by atoms with Crippen LogP contribution in [0.3, 0.4) is 0 Å². The van der Waals surface area contributed by atoms with Crippen LogP contribution in [-0.4, -0.2) is 68.6 Å². The van der Waals surface area contributed by atoms with Gasteiger partial charge in [-0.25, -0.2) is 13.8 Å². The number of fused-ring (bicyclic) bond motifs is 2. The Bertz CT molecular complexity index is 1560. The summed E-state index contributed by atoms with van der Waals surface area (Å²) in [4.78, 5) is 15.5. The fourth-order valence-electron chi connectivity index (χ4n) is 7.76. The van der Waals surface area contributed by atoms with Crippen molar-refractivity contribution in [2.24, 2.45) is 15.9 Å². The predicted octanol–water partition coefficient (Wildman–Crippen LogP) is 5.46. The Morgan fingerprint density at radius 1 is 1.00 bits per heavy atom. The maximum atomic E-state index is 13.6. The lowest BCUT2D eigenvalue weighted by Crippen LogP contribution is -2.37. The number of rotatable bonds is 7. The third-order valence-electron chi connectivity index (χ3n) is 9.22. The van der Waals surface area contributed by atoms with Gasteiger partial charge in [0.25, 0.3) is 5.91 Å². The zero-order valence-electron chi connectivity index (χ0n) is 25.4. The standard InChI is InChI=1S/C34H42N4O4S/c1-33(2)20-29-21-34(3,23-33)24-38(29)43(40,41)30-13-11-26(12-14-30)32(39)36-35-22-28-10-9-27(19-25-7-5-4-6-8-25)31(28)37-15-17-42-18-16-37/h4-8,11-14,19,22,29H,9-10,15-18,20-21,23-24H2,1-3H3,(H,36,39)/b27-19+,35-22-/t29-,34+/m0/s1. The first-order valence-electron chi connectivity index (χ1n) is 15.3. The van der Waals surface area contributed by atoms with Crippen molar-refractivity contribution in [1.82, 2.24) is 14.6 Å². The van der Waals surface area contributed by atoms with Crippen molar-refractivity contribution in [2.75, 3.05) is 32.8 Å².